The highest BCUT2D eigenvalue weighted by molar-refractivity contribution is 9.10. The number of hydrogen-bond acceptors (Lipinski definition) is 2. The van der Waals surface area contributed by atoms with Gasteiger partial charge in [-0.15, -0.1) is 0 Å². The lowest BCUT2D eigenvalue weighted by atomic mass is 10.1. The molecule has 0 aliphatic heterocycles. The summed E-state index contributed by atoms with van der Waals surface area (Å²) in [4.78, 5) is 12.1. The van der Waals surface area contributed by atoms with Crippen molar-refractivity contribution >= 4 is 21.8 Å². The highest BCUT2D eigenvalue weighted by Crippen LogP contribution is 2.15. The fraction of sp³-hybridized carbons (Fsp3) is 0.286. The number of aromatic nitrogens is 2. The third kappa shape index (κ3) is 3.04. The van der Waals surface area contributed by atoms with Gasteiger partial charge in [0.2, 0.25) is 0 Å². The average molecular weight is 322 g/mol. The van der Waals surface area contributed by atoms with Gasteiger partial charge in [-0.25, -0.2) is 0 Å². The Morgan fingerprint density at radius 3 is 2.68 bits per heavy atom. The van der Waals surface area contributed by atoms with Gasteiger partial charge in [0.15, 0.2) is 0 Å². The maximum atomic E-state index is 12.1. The van der Waals surface area contributed by atoms with Crippen molar-refractivity contribution in [3.63, 3.8) is 0 Å². The normalized spacial score (nSPS) is 10.5. The van der Waals surface area contributed by atoms with Crippen molar-refractivity contribution < 1.29 is 4.79 Å². The second kappa shape index (κ2) is 5.57. The van der Waals surface area contributed by atoms with E-state index in [9.17, 15) is 4.79 Å². The van der Waals surface area contributed by atoms with E-state index >= 15 is 0 Å². The van der Waals surface area contributed by atoms with Crippen molar-refractivity contribution in [2.24, 2.45) is 7.05 Å². The summed E-state index contributed by atoms with van der Waals surface area (Å²) in [5.74, 6) is -0.0730. The van der Waals surface area contributed by atoms with Gasteiger partial charge < -0.3 is 5.32 Å². The Kier molecular flexibility index (Phi) is 4.04. The zero-order chi connectivity index (χ0) is 14.0. The van der Waals surface area contributed by atoms with Crippen molar-refractivity contribution in [2.75, 3.05) is 0 Å². The van der Waals surface area contributed by atoms with Crippen molar-refractivity contribution in [3.05, 3.63) is 51.3 Å². The van der Waals surface area contributed by atoms with Crippen LogP contribution in [-0.2, 0) is 13.6 Å². The number of nitrogens with one attached hydrogen (secondary N) is 1. The van der Waals surface area contributed by atoms with E-state index in [0.717, 1.165) is 15.7 Å². The summed E-state index contributed by atoms with van der Waals surface area (Å²) >= 11 is 3.41. The summed E-state index contributed by atoms with van der Waals surface area (Å²) in [6.07, 6.45) is 1.72. The van der Waals surface area contributed by atoms with E-state index in [-0.39, 0.29) is 5.91 Å². The summed E-state index contributed by atoms with van der Waals surface area (Å²) in [5.41, 5.74) is 3.93. The first-order valence-electron chi connectivity index (χ1n) is 6.01. The minimum atomic E-state index is -0.0730. The Morgan fingerprint density at radius 1 is 1.37 bits per heavy atom. The molecule has 0 saturated heterocycles. The maximum Gasteiger partial charge on any atom is 0.251 e. The number of carbonyl (C=O) groups excluding carboxylic acids is 1. The van der Waals surface area contributed by atoms with E-state index in [4.69, 9.17) is 0 Å². The SMILES string of the molecule is Cc1ccc(C(=O)NCc2c(Br)cnn2C)cc1C. The molecule has 4 nitrogen and oxygen atoms in total. The van der Waals surface area contributed by atoms with Crippen LogP contribution in [0.3, 0.4) is 0 Å². The molecule has 0 bridgehead atoms. The van der Waals surface area contributed by atoms with Crippen molar-refractivity contribution in [1.29, 1.82) is 0 Å². The van der Waals surface area contributed by atoms with Gasteiger partial charge in [-0.2, -0.15) is 5.10 Å². The standard InChI is InChI=1S/C14H16BrN3O/c1-9-4-5-11(6-10(9)2)14(19)16-8-13-12(15)7-17-18(13)3/h4-7H,8H2,1-3H3,(H,16,19). The van der Waals surface area contributed by atoms with E-state index in [1.165, 1.54) is 5.56 Å². The Hall–Kier alpha value is -1.62. The van der Waals surface area contributed by atoms with Crippen molar-refractivity contribution in [3.8, 4) is 0 Å². The van der Waals surface area contributed by atoms with Gasteiger partial charge >= 0.3 is 0 Å². The third-order valence-electron chi connectivity index (χ3n) is 3.20. The van der Waals surface area contributed by atoms with Crippen LogP contribution in [-0.4, -0.2) is 15.7 Å². The molecule has 1 heterocycles. The van der Waals surface area contributed by atoms with E-state index in [1.54, 1.807) is 10.9 Å². The van der Waals surface area contributed by atoms with Crippen molar-refractivity contribution in [2.45, 2.75) is 20.4 Å². The molecule has 0 fully saturated rings. The van der Waals surface area contributed by atoms with E-state index in [0.29, 0.717) is 12.1 Å². The first kappa shape index (κ1) is 13.8. The second-order valence-electron chi connectivity index (χ2n) is 4.54. The number of halogens is 1. The number of amides is 1. The number of rotatable bonds is 3. The molecule has 1 aromatic heterocycles. The smallest absolute Gasteiger partial charge is 0.251 e. The lowest BCUT2D eigenvalue weighted by Gasteiger charge is -2.08. The molecule has 2 aromatic rings. The molecule has 2 rings (SSSR count). The largest absolute Gasteiger partial charge is 0.346 e. The van der Waals surface area contributed by atoms with Gasteiger partial charge in [-0.1, -0.05) is 6.07 Å². The molecule has 0 unspecified atom stereocenters. The second-order valence-corrected chi connectivity index (χ2v) is 5.40. The zero-order valence-corrected chi connectivity index (χ0v) is 12.8. The summed E-state index contributed by atoms with van der Waals surface area (Å²) in [6.45, 7) is 4.48. The molecular formula is C14H16BrN3O. The number of nitrogens with zero attached hydrogens (tertiary/aromatic N) is 2. The van der Waals surface area contributed by atoms with E-state index in [1.807, 2.05) is 39.1 Å². The van der Waals surface area contributed by atoms with Crippen LogP contribution in [0, 0.1) is 13.8 Å². The first-order valence-corrected chi connectivity index (χ1v) is 6.80. The molecule has 5 heteroatoms. The number of carbonyl (C=O) groups is 1. The van der Waals surface area contributed by atoms with Crippen LogP contribution in [0.5, 0.6) is 0 Å². The molecule has 1 aromatic carbocycles. The lowest BCUT2D eigenvalue weighted by Crippen LogP contribution is -2.24. The first-order chi connectivity index (χ1) is 8.99. The molecular weight excluding hydrogens is 306 g/mol. The molecule has 1 N–H and O–H groups in total. The predicted molar refractivity (Wildman–Crippen MR) is 78.0 cm³/mol. The fourth-order valence-electron chi connectivity index (χ4n) is 1.78. The van der Waals surface area contributed by atoms with Crippen LogP contribution in [0.1, 0.15) is 27.2 Å². The van der Waals surface area contributed by atoms with Gasteiger partial charge in [-0.3, -0.25) is 9.48 Å². The summed E-state index contributed by atoms with van der Waals surface area (Å²) in [5, 5.41) is 7.01. The molecule has 0 aliphatic rings. The van der Waals surface area contributed by atoms with Gasteiger partial charge in [0.05, 0.1) is 22.9 Å². The third-order valence-corrected chi connectivity index (χ3v) is 3.86. The molecule has 0 saturated carbocycles. The van der Waals surface area contributed by atoms with Crippen LogP contribution in [0.25, 0.3) is 0 Å². The summed E-state index contributed by atoms with van der Waals surface area (Å²) in [6, 6.07) is 5.71. The van der Waals surface area contributed by atoms with Crippen LogP contribution in [0.2, 0.25) is 0 Å². The molecule has 19 heavy (non-hydrogen) atoms. The van der Waals surface area contributed by atoms with Gasteiger partial charge in [0.25, 0.3) is 5.91 Å². The lowest BCUT2D eigenvalue weighted by molar-refractivity contribution is 0.0950. The molecule has 0 spiro atoms. The molecule has 100 valence electrons. The summed E-state index contributed by atoms with van der Waals surface area (Å²) < 4.78 is 2.64. The van der Waals surface area contributed by atoms with Crippen LogP contribution in [0.4, 0.5) is 0 Å². The highest BCUT2D eigenvalue weighted by Gasteiger charge is 2.10. The molecule has 1 amide bonds. The minimum Gasteiger partial charge on any atom is -0.346 e. The fourth-order valence-corrected chi connectivity index (χ4v) is 2.27. The minimum absolute atomic E-state index is 0.0730. The number of hydrogen-bond donors (Lipinski definition) is 1. The van der Waals surface area contributed by atoms with Gasteiger partial charge in [0.1, 0.15) is 0 Å². The average Bonchev–Trinajstić information content (AvgIpc) is 2.69. The Balaban J connectivity index is 2.07. The number of aryl methyl sites for hydroxylation is 3. The van der Waals surface area contributed by atoms with Crippen LogP contribution in [0.15, 0.2) is 28.9 Å². The number of benzene rings is 1. The molecule has 0 aliphatic carbocycles. The topological polar surface area (TPSA) is 46.9 Å². The van der Waals surface area contributed by atoms with E-state index in [2.05, 4.69) is 26.3 Å². The Labute approximate surface area is 120 Å². The Bertz CT molecular complexity index is 600. The van der Waals surface area contributed by atoms with Gasteiger partial charge in [0, 0.05) is 12.6 Å². The Morgan fingerprint density at radius 2 is 2.11 bits per heavy atom. The maximum absolute atomic E-state index is 12.1. The van der Waals surface area contributed by atoms with Crippen molar-refractivity contribution in [1.82, 2.24) is 15.1 Å². The molecule has 0 radical (unpaired) electrons. The van der Waals surface area contributed by atoms with E-state index < -0.39 is 0 Å². The van der Waals surface area contributed by atoms with Crippen LogP contribution < -0.4 is 5.32 Å². The molecule has 0 atom stereocenters. The summed E-state index contributed by atoms with van der Waals surface area (Å²) in [7, 11) is 1.85. The predicted octanol–water partition coefficient (Wildman–Crippen LogP) is 2.73. The zero-order valence-electron chi connectivity index (χ0n) is 11.2. The van der Waals surface area contributed by atoms with Gasteiger partial charge in [-0.05, 0) is 53.0 Å². The highest BCUT2D eigenvalue weighted by atomic mass is 79.9. The monoisotopic (exact) mass is 321 g/mol. The van der Waals surface area contributed by atoms with Crippen LogP contribution >= 0.6 is 15.9 Å². The quantitative estimate of drug-likeness (QED) is 0.944.